The van der Waals surface area contributed by atoms with Gasteiger partial charge in [-0.25, -0.2) is 4.39 Å². The molecule has 0 bridgehead atoms. The summed E-state index contributed by atoms with van der Waals surface area (Å²) in [5.41, 5.74) is 1.47. The monoisotopic (exact) mass is 404 g/mol. The number of carbonyl (C=O) groups is 2. The molecule has 0 radical (unpaired) electrons. The number of rotatable bonds is 3. The van der Waals surface area contributed by atoms with Crippen molar-refractivity contribution in [1.82, 2.24) is 4.90 Å². The van der Waals surface area contributed by atoms with E-state index in [0.717, 1.165) is 30.8 Å². The highest BCUT2D eigenvalue weighted by atomic mass is 35.5. The number of nitrogens with zero attached hydrogens (tertiary/aromatic N) is 2. The summed E-state index contributed by atoms with van der Waals surface area (Å²) >= 11 is 7.58. The topological polar surface area (TPSA) is 40.6 Å². The highest BCUT2D eigenvalue weighted by molar-refractivity contribution is 8.00. The highest BCUT2D eigenvalue weighted by Gasteiger charge is 2.28. The molecule has 0 aromatic heterocycles. The van der Waals surface area contributed by atoms with Crippen LogP contribution in [0.15, 0.2) is 41.3 Å². The smallest absolute Gasteiger partial charge is 0.253 e. The number of benzene rings is 2. The third-order valence-corrected chi connectivity index (χ3v) is 6.32. The Morgan fingerprint density at radius 3 is 2.70 bits per heavy atom. The maximum atomic E-state index is 14.2. The molecule has 0 atom stereocenters. The van der Waals surface area contributed by atoms with Gasteiger partial charge in [-0.3, -0.25) is 9.59 Å². The van der Waals surface area contributed by atoms with E-state index < -0.39 is 5.82 Å². The molecule has 4 rings (SSSR count). The Kier molecular flexibility index (Phi) is 5.10. The maximum Gasteiger partial charge on any atom is 0.253 e. The molecule has 2 aliphatic rings. The molecule has 0 spiro atoms. The minimum atomic E-state index is -0.445. The number of carbonyl (C=O) groups excluding carboxylic acids is 2. The van der Waals surface area contributed by atoms with Crippen molar-refractivity contribution in [2.75, 3.05) is 23.7 Å². The van der Waals surface area contributed by atoms with Gasteiger partial charge in [-0.05, 0) is 43.2 Å². The van der Waals surface area contributed by atoms with E-state index in [2.05, 4.69) is 0 Å². The van der Waals surface area contributed by atoms with Gasteiger partial charge < -0.3 is 9.80 Å². The number of hydrogen-bond acceptors (Lipinski definition) is 3. The van der Waals surface area contributed by atoms with Crippen LogP contribution in [0.1, 0.15) is 28.8 Å². The van der Waals surface area contributed by atoms with Crippen LogP contribution in [-0.4, -0.2) is 35.6 Å². The third-order valence-electron chi connectivity index (χ3n) is 4.92. The van der Waals surface area contributed by atoms with Gasteiger partial charge in [-0.2, -0.15) is 0 Å². The zero-order valence-electron chi connectivity index (χ0n) is 14.6. The molecule has 4 nitrogen and oxygen atoms in total. The van der Waals surface area contributed by atoms with Gasteiger partial charge in [0, 0.05) is 34.1 Å². The minimum absolute atomic E-state index is 0.0257. The van der Waals surface area contributed by atoms with Crippen LogP contribution in [0, 0.1) is 5.82 Å². The fraction of sp³-hybridized carbons (Fsp3) is 0.300. The van der Waals surface area contributed by atoms with E-state index in [4.69, 9.17) is 11.6 Å². The Labute approximate surface area is 166 Å². The van der Waals surface area contributed by atoms with Gasteiger partial charge in [0.2, 0.25) is 5.91 Å². The zero-order valence-corrected chi connectivity index (χ0v) is 16.2. The lowest BCUT2D eigenvalue weighted by Crippen LogP contribution is -2.35. The van der Waals surface area contributed by atoms with E-state index in [1.807, 2.05) is 11.0 Å². The summed E-state index contributed by atoms with van der Waals surface area (Å²) in [4.78, 5) is 29.5. The molecule has 0 N–H and O–H groups in total. The van der Waals surface area contributed by atoms with Crippen LogP contribution in [-0.2, 0) is 11.3 Å². The number of amides is 2. The molecule has 0 aliphatic carbocycles. The summed E-state index contributed by atoms with van der Waals surface area (Å²) in [6, 6.07) is 9.89. The summed E-state index contributed by atoms with van der Waals surface area (Å²) in [5, 5.41) is 0.284. The summed E-state index contributed by atoms with van der Waals surface area (Å²) in [7, 11) is 0. The number of anilines is 1. The second-order valence-corrected chi connectivity index (χ2v) is 8.07. The second-order valence-electron chi connectivity index (χ2n) is 6.65. The van der Waals surface area contributed by atoms with Gasteiger partial charge in [0.15, 0.2) is 0 Å². The fourth-order valence-corrected chi connectivity index (χ4v) is 4.59. The lowest BCUT2D eigenvalue weighted by Gasteiger charge is -2.30. The first-order chi connectivity index (χ1) is 13.0. The Morgan fingerprint density at radius 1 is 1.19 bits per heavy atom. The van der Waals surface area contributed by atoms with Crippen molar-refractivity contribution in [2.45, 2.75) is 24.3 Å². The van der Waals surface area contributed by atoms with Gasteiger partial charge in [-0.1, -0.05) is 17.7 Å². The standard InChI is InChI=1S/C20H18ClFN2O2S/c21-15-4-3-5-16(22)14(15)11-24-17-10-13(20(26)23-8-1-2-9-23)6-7-18(17)27-12-19(24)25/h3-7,10H,1-2,8-9,11-12H2. The van der Waals surface area contributed by atoms with Crippen molar-refractivity contribution in [3.05, 3.63) is 58.4 Å². The van der Waals surface area contributed by atoms with Gasteiger partial charge in [0.05, 0.1) is 18.0 Å². The largest absolute Gasteiger partial charge is 0.339 e. The molecular formula is C20H18ClFN2O2S. The quantitative estimate of drug-likeness (QED) is 0.763. The molecule has 2 amide bonds. The molecule has 2 aromatic carbocycles. The Balaban J connectivity index is 1.69. The van der Waals surface area contributed by atoms with Crippen LogP contribution < -0.4 is 4.90 Å². The van der Waals surface area contributed by atoms with Gasteiger partial charge in [0.1, 0.15) is 5.82 Å². The first kappa shape index (κ1) is 18.3. The predicted molar refractivity (Wildman–Crippen MR) is 105 cm³/mol. The normalized spacial score (nSPS) is 16.6. The molecule has 0 unspecified atom stereocenters. The predicted octanol–water partition coefficient (Wildman–Crippen LogP) is 4.35. The van der Waals surface area contributed by atoms with Crippen molar-refractivity contribution in [2.24, 2.45) is 0 Å². The molecule has 2 aliphatic heterocycles. The van der Waals surface area contributed by atoms with E-state index in [0.29, 0.717) is 11.3 Å². The molecule has 1 fully saturated rings. The molecule has 2 aromatic rings. The van der Waals surface area contributed by atoms with Crippen LogP contribution in [0.4, 0.5) is 10.1 Å². The SMILES string of the molecule is O=C(c1ccc2c(c1)N(Cc1c(F)cccc1Cl)C(=O)CS2)N1CCCC1. The number of likely N-dealkylation sites (tertiary alicyclic amines) is 1. The molecule has 1 saturated heterocycles. The van der Waals surface area contributed by atoms with Crippen LogP contribution in [0.25, 0.3) is 0 Å². The summed E-state index contributed by atoms with van der Waals surface area (Å²) in [6.45, 7) is 1.57. The number of fused-ring (bicyclic) bond motifs is 1. The van der Waals surface area contributed by atoms with Crippen LogP contribution in [0.3, 0.4) is 0 Å². The van der Waals surface area contributed by atoms with Crippen molar-refractivity contribution in [1.29, 1.82) is 0 Å². The van der Waals surface area contributed by atoms with E-state index in [-0.39, 0.29) is 34.7 Å². The molecule has 27 heavy (non-hydrogen) atoms. The highest BCUT2D eigenvalue weighted by Crippen LogP contribution is 2.38. The van der Waals surface area contributed by atoms with Crippen LogP contribution in [0.2, 0.25) is 5.02 Å². The van der Waals surface area contributed by atoms with E-state index in [1.165, 1.54) is 28.8 Å². The number of halogens is 2. The summed E-state index contributed by atoms with van der Waals surface area (Å²) < 4.78 is 14.2. The van der Waals surface area contributed by atoms with E-state index >= 15 is 0 Å². The Bertz CT molecular complexity index is 895. The van der Waals surface area contributed by atoms with Gasteiger partial charge in [0.25, 0.3) is 5.91 Å². The number of thioether (sulfide) groups is 1. The van der Waals surface area contributed by atoms with Gasteiger partial charge in [-0.15, -0.1) is 11.8 Å². The van der Waals surface area contributed by atoms with Crippen molar-refractivity contribution in [3.63, 3.8) is 0 Å². The Morgan fingerprint density at radius 2 is 1.96 bits per heavy atom. The van der Waals surface area contributed by atoms with Gasteiger partial charge >= 0.3 is 0 Å². The van der Waals surface area contributed by atoms with Crippen LogP contribution >= 0.6 is 23.4 Å². The average Bonchev–Trinajstić information content (AvgIpc) is 3.20. The zero-order chi connectivity index (χ0) is 19.0. The number of hydrogen-bond donors (Lipinski definition) is 0. The lowest BCUT2D eigenvalue weighted by molar-refractivity contribution is -0.116. The maximum absolute atomic E-state index is 14.2. The lowest BCUT2D eigenvalue weighted by atomic mass is 10.1. The minimum Gasteiger partial charge on any atom is -0.339 e. The van der Waals surface area contributed by atoms with E-state index in [9.17, 15) is 14.0 Å². The Hall–Kier alpha value is -2.05. The van der Waals surface area contributed by atoms with Crippen molar-refractivity contribution < 1.29 is 14.0 Å². The first-order valence-electron chi connectivity index (χ1n) is 8.84. The first-order valence-corrected chi connectivity index (χ1v) is 10.2. The summed E-state index contributed by atoms with van der Waals surface area (Å²) in [6.07, 6.45) is 2.03. The van der Waals surface area contributed by atoms with Crippen molar-refractivity contribution >= 4 is 40.9 Å². The second kappa shape index (κ2) is 7.52. The molecule has 0 saturated carbocycles. The molecule has 140 valence electrons. The molecule has 2 heterocycles. The van der Waals surface area contributed by atoms with E-state index in [1.54, 1.807) is 18.2 Å². The fourth-order valence-electron chi connectivity index (χ4n) is 3.45. The third kappa shape index (κ3) is 3.56. The summed E-state index contributed by atoms with van der Waals surface area (Å²) in [5.74, 6) is -0.322. The van der Waals surface area contributed by atoms with Crippen LogP contribution in [0.5, 0.6) is 0 Å². The average molecular weight is 405 g/mol. The molecule has 7 heteroatoms. The van der Waals surface area contributed by atoms with Crippen molar-refractivity contribution in [3.8, 4) is 0 Å². The molecular weight excluding hydrogens is 387 g/mol.